The molecule has 4 rings (SSSR count). The number of aryl methyl sites for hydroxylation is 1. The molecule has 3 aromatic carbocycles. The number of benzene rings is 3. The molecule has 1 heterocycles. The molecule has 0 spiro atoms. The first-order chi connectivity index (χ1) is 14.1. The van der Waals surface area contributed by atoms with Gasteiger partial charge in [-0.3, -0.25) is 0 Å². The Bertz CT molecular complexity index is 1160. The van der Waals surface area contributed by atoms with Crippen LogP contribution in [0.15, 0.2) is 95.2 Å². The molecule has 0 aliphatic carbocycles. The van der Waals surface area contributed by atoms with Crippen molar-refractivity contribution in [3.05, 3.63) is 90.5 Å². The summed E-state index contributed by atoms with van der Waals surface area (Å²) < 4.78 is 1.98. The Balaban J connectivity index is 1.94. The molecule has 29 heavy (non-hydrogen) atoms. The number of hydrogen-bond donors (Lipinski definition) is 1. The lowest BCUT2D eigenvalue weighted by molar-refractivity contribution is 0.976. The summed E-state index contributed by atoms with van der Waals surface area (Å²) in [5, 5.41) is 13.8. The fourth-order valence-electron chi connectivity index (χ4n) is 3.01. The second-order valence-electron chi connectivity index (χ2n) is 6.51. The van der Waals surface area contributed by atoms with Crippen LogP contribution in [0.4, 0.5) is 11.4 Å². The molecule has 6 heteroatoms. The molecule has 0 aliphatic heterocycles. The maximum atomic E-state index is 5.36. The third-order valence-corrected chi connectivity index (χ3v) is 4.80. The van der Waals surface area contributed by atoms with Crippen molar-refractivity contribution >= 4 is 40.5 Å². The quantitative estimate of drug-likeness (QED) is 0.222. The molecule has 0 fully saturated rings. The summed E-state index contributed by atoms with van der Waals surface area (Å²) in [7, 11) is 0. The van der Waals surface area contributed by atoms with E-state index in [1.165, 1.54) is 5.56 Å². The number of rotatable bonds is 4. The van der Waals surface area contributed by atoms with E-state index in [4.69, 9.17) is 17.3 Å². The average Bonchev–Trinajstić information content (AvgIpc) is 3.14. The van der Waals surface area contributed by atoms with Gasteiger partial charge in [0.2, 0.25) is 0 Å². The Kier molecular flexibility index (Phi) is 5.64. The van der Waals surface area contributed by atoms with E-state index < -0.39 is 0 Å². The van der Waals surface area contributed by atoms with E-state index in [-0.39, 0.29) is 0 Å². The molecule has 0 atom stereocenters. The molecular weight excluding hydrogens is 396 g/mol. The van der Waals surface area contributed by atoms with Crippen molar-refractivity contribution in [2.45, 2.75) is 6.92 Å². The Hall–Kier alpha value is -3.09. The van der Waals surface area contributed by atoms with E-state index >= 15 is 0 Å². The number of hydrogen-bond acceptors (Lipinski definition) is 4. The Labute approximate surface area is 180 Å². The minimum atomic E-state index is 0.345. The van der Waals surface area contributed by atoms with Gasteiger partial charge in [0.15, 0.2) is 4.32 Å². The third-order valence-electron chi connectivity index (χ3n) is 4.44. The van der Waals surface area contributed by atoms with Gasteiger partial charge in [0.25, 0.3) is 0 Å². The van der Waals surface area contributed by atoms with Crippen LogP contribution in [-0.2, 0) is 0 Å². The van der Waals surface area contributed by atoms with Crippen LogP contribution in [0.2, 0.25) is 0 Å². The van der Waals surface area contributed by atoms with Crippen LogP contribution in [0.1, 0.15) is 5.56 Å². The highest BCUT2D eigenvalue weighted by Crippen LogP contribution is 2.40. The Morgan fingerprint density at radius 1 is 0.828 bits per heavy atom. The second kappa shape index (κ2) is 8.51. The molecule has 0 aliphatic rings. The SMILES string of the molecule is Cc1ccc(N=Nc2c(-c3ccccc3)nn(C(=S)S)c2-c2ccccc2)cc1. The second-order valence-corrected chi connectivity index (χ2v) is 7.62. The Morgan fingerprint density at radius 2 is 1.41 bits per heavy atom. The van der Waals surface area contributed by atoms with Crippen LogP contribution in [0.3, 0.4) is 0 Å². The lowest BCUT2D eigenvalue weighted by Crippen LogP contribution is -2.05. The van der Waals surface area contributed by atoms with Crippen molar-refractivity contribution < 1.29 is 0 Å². The summed E-state index contributed by atoms with van der Waals surface area (Å²) >= 11 is 9.75. The number of thiol groups is 1. The molecule has 0 saturated heterocycles. The van der Waals surface area contributed by atoms with Gasteiger partial charge in [-0.25, -0.2) is 4.68 Å². The van der Waals surface area contributed by atoms with Gasteiger partial charge in [-0.05, 0) is 19.1 Å². The van der Waals surface area contributed by atoms with Crippen LogP contribution in [0.5, 0.6) is 0 Å². The monoisotopic (exact) mass is 414 g/mol. The summed E-state index contributed by atoms with van der Waals surface area (Å²) in [4.78, 5) is 0. The van der Waals surface area contributed by atoms with Gasteiger partial charge in [0, 0.05) is 11.1 Å². The Morgan fingerprint density at radius 3 is 2.00 bits per heavy atom. The summed E-state index contributed by atoms with van der Waals surface area (Å²) in [6.45, 7) is 2.04. The topological polar surface area (TPSA) is 42.5 Å². The van der Waals surface area contributed by atoms with E-state index in [1.807, 2.05) is 91.9 Å². The molecule has 0 bridgehead atoms. The van der Waals surface area contributed by atoms with E-state index in [1.54, 1.807) is 4.68 Å². The van der Waals surface area contributed by atoms with Crippen molar-refractivity contribution in [3.63, 3.8) is 0 Å². The zero-order chi connectivity index (χ0) is 20.2. The van der Waals surface area contributed by atoms with Crippen LogP contribution in [0.25, 0.3) is 22.5 Å². The molecule has 0 unspecified atom stereocenters. The summed E-state index contributed by atoms with van der Waals surface area (Å²) in [5.41, 5.74) is 5.95. The van der Waals surface area contributed by atoms with Crippen LogP contribution in [0, 0.1) is 6.92 Å². The smallest absolute Gasteiger partial charge is 0.158 e. The first-order valence-corrected chi connectivity index (χ1v) is 9.94. The first kappa shape index (κ1) is 19.2. The maximum Gasteiger partial charge on any atom is 0.158 e. The number of azo groups is 1. The fourth-order valence-corrected chi connectivity index (χ4v) is 3.28. The van der Waals surface area contributed by atoms with Crippen molar-refractivity contribution in [2.75, 3.05) is 0 Å². The summed E-state index contributed by atoms with van der Waals surface area (Å²) in [5.74, 6) is 0. The fraction of sp³-hybridized carbons (Fsp3) is 0.0435. The zero-order valence-corrected chi connectivity index (χ0v) is 17.4. The van der Waals surface area contributed by atoms with Crippen molar-refractivity contribution in [2.24, 2.45) is 10.2 Å². The number of nitrogens with zero attached hydrogens (tertiary/aromatic N) is 4. The van der Waals surface area contributed by atoms with Gasteiger partial charge in [-0.1, -0.05) is 90.6 Å². The van der Waals surface area contributed by atoms with Crippen LogP contribution >= 0.6 is 24.8 Å². The van der Waals surface area contributed by atoms with Gasteiger partial charge in [0.05, 0.1) is 5.69 Å². The summed E-state index contributed by atoms with van der Waals surface area (Å²) in [6, 6.07) is 27.7. The molecule has 1 aromatic heterocycles. The maximum absolute atomic E-state index is 5.36. The van der Waals surface area contributed by atoms with E-state index in [2.05, 4.69) is 22.9 Å². The molecule has 4 nitrogen and oxygen atoms in total. The van der Waals surface area contributed by atoms with Gasteiger partial charge in [0.1, 0.15) is 17.1 Å². The van der Waals surface area contributed by atoms with Crippen LogP contribution in [-0.4, -0.2) is 14.1 Å². The summed E-state index contributed by atoms with van der Waals surface area (Å²) in [6.07, 6.45) is 0. The highest BCUT2D eigenvalue weighted by Gasteiger charge is 2.22. The van der Waals surface area contributed by atoms with Crippen molar-refractivity contribution in [1.29, 1.82) is 0 Å². The number of thiocarbonyl (C=S) groups is 1. The highest BCUT2D eigenvalue weighted by molar-refractivity contribution is 8.11. The minimum absolute atomic E-state index is 0.345. The van der Waals surface area contributed by atoms with Crippen molar-refractivity contribution in [3.8, 4) is 22.5 Å². The molecule has 142 valence electrons. The predicted molar refractivity (Wildman–Crippen MR) is 125 cm³/mol. The van der Waals surface area contributed by atoms with E-state index in [9.17, 15) is 0 Å². The van der Waals surface area contributed by atoms with Gasteiger partial charge >= 0.3 is 0 Å². The molecular formula is C23H18N4S2. The van der Waals surface area contributed by atoms with Gasteiger partial charge in [-0.2, -0.15) is 10.2 Å². The zero-order valence-electron chi connectivity index (χ0n) is 15.7. The number of aromatic nitrogens is 2. The normalized spacial score (nSPS) is 11.1. The molecule has 0 radical (unpaired) electrons. The van der Waals surface area contributed by atoms with E-state index in [0.717, 1.165) is 22.5 Å². The first-order valence-electron chi connectivity index (χ1n) is 9.09. The molecule has 4 aromatic rings. The lowest BCUT2D eigenvalue weighted by Gasteiger charge is -2.05. The lowest BCUT2D eigenvalue weighted by atomic mass is 10.1. The average molecular weight is 415 g/mol. The van der Waals surface area contributed by atoms with Crippen LogP contribution < -0.4 is 0 Å². The standard InChI is InChI=1S/C23H18N4S2/c1-16-12-14-19(15-13-16)24-25-21-20(17-8-4-2-5-9-17)26-27(23(28)29)22(21)18-10-6-3-7-11-18/h2-15H,1H3,(H,28,29). The molecule has 0 amide bonds. The van der Waals surface area contributed by atoms with E-state index in [0.29, 0.717) is 15.7 Å². The minimum Gasteiger partial charge on any atom is -0.213 e. The highest BCUT2D eigenvalue weighted by atomic mass is 32.1. The molecule has 0 N–H and O–H groups in total. The van der Waals surface area contributed by atoms with Crippen molar-refractivity contribution in [1.82, 2.24) is 9.78 Å². The largest absolute Gasteiger partial charge is 0.213 e. The molecule has 0 saturated carbocycles. The predicted octanol–water partition coefficient (Wildman–Crippen LogP) is 7.00. The van der Waals surface area contributed by atoms with Gasteiger partial charge < -0.3 is 0 Å². The van der Waals surface area contributed by atoms with Gasteiger partial charge in [-0.15, -0.1) is 17.7 Å². The third kappa shape index (κ3) is 4.18.